The third kappa shape index (κ3) is 3.31. The Labute approximate surface area is 144 Å². The Kier molecular flexibility index (Phi) is 4.40. The van der Waals surface area contributed by atoms with Gasteiger partial charge in [-0.1, -0.05) is 17.4 Å². The first kappa shape index (κ1) is 16.5. The molecule has 2 heterocycles. The Morgan fingerprint density at radius 1 is 1.16 bits per heavy atom. The standard InChI is InChI=1S/C16H11N3O5S/c20-12(21)6-19-15(23)13-14(22)10-2-1-8(3-11(10)25-16(13)24)9-4-17-7-18-5-9/h1-5,7,22H,6H2,(H,19,23)(H,20,21). The lowest BCUT2D eigenvalue weighted by atomic mass is 10.1. The second kappa shape index (κ2) is 6.65. The first-order chi connectivity index (χ1) is 12.0. The Morgan fingerprint density at radius 2 is 1.88 bits per heavy atom. The maximum Gasteiger partial charge on any atom is 0.322 e. The predicted molar refractivity (Wildman–Crippen MR) is 90.8 cm³/mol. The molecule has 0 spiro atoms. The van der Waals surface area contributed by atoms with E-state index in [4.69, 9.17) is 5.11 Å². The fraction of sp³-hybridized carbons (Fsp3) is 0.0625. The van der Waals surface area contributed by atoms with E-state index in [1.165, 1.54) is 6.33 Å². The first-order valence-electron chi connectivity index (χ1n) is 7.02. The van der Waals surface area contributed by atoms with Crippen molar-refractivity contribution in [1.82, 2.24) is 15.3 Å². The van der Waals surface area contributed by atoms with Crippen LogP contribution in [0.25, 0.3) is 21.2 Å². The summed E-state index contributed by atoms with van der Waals surface area (Å²) in [7, 11) is 0. The van der Waals surface area contributed by atoms with Crippen molar-refractivity contribution in [2.45, 2.75) is 0 Å². The van der Waals surface area contributed by atoms with Crippen LogP contribution in [0.3, 0.4) is 0 Å². The molecular weight excluding hydrogens is 346 g/mol. The van der Waals surface area contributed by atoms with Gasteiger partial charge in [0.05, 0.1) is 0 Å². The van der Waals surface area contributed by atoms with Crippen LogP contribution >= 0.6 is 11.3 Å². The van der Waals surface area contributed by atoms with Gasteiger partial charge in [-0.25, -0.2) is 9.97 Å². The molecule has 0 aliphatic heterocycles. The lowest BCUT2D eigenvalue weighted by molar-refractivity contribution is -0.135. The third-order valence-electron chi connectivity index (χ3n) is 3.40. The fourth-order valence-electron chi connectivity index (χ4n) is 2.26. The summed E-state index contributed by atoms with van der Waals surface area (Å²) in [4.78, 5) is 42.6. The molecule has 1 aromatic carbocycles. The molecule has 0 aliphatic carbocycles. The third-order valence-corrected chi connectivity index (χ3v) is 4.35. The second-order valence-electron chi connectivity index (χ2n) is 5.03. The fourth-order valence-corrected chi connectivity index (χ4v) is 3.21. The number of amides is 1. The number of carboxylic acids is 1. The van der Waals surface area contributed by atoms with Gasteiger partial charge in [0, 0.05) is 28.0 Å². The Balaban J connectivity index is 2.07. The van der Waals surface area contributed by atoms with Gasteiger partial charge >= 0.3 is 5.97 Å². The molecule has 0 aliphatic rings. The lowest BCUT2D eigenvalue weighted by Crippen LogP contribution is -2.32. The number of benzene rings is 1. The number of nitrogens with zero attached hydrogens (tertiary/aromatic N) is 2. The normalized spacial score (nSPS) is 10.6. The highest BCUT2D eigenvalue weighted by Gasteiger charge is 2.20. The van der Waals surface area contributed by atoms with Gasteiger partial charge in [-0.05, 0) is 17.7 Å². The number of aromatic nitrogens is 2. The van der Waals surface area contributed by atoms with Crippen molar-refractivity contribution in [1.29, 1.82) is 0 Å². The number of rotatable bonds is 4. The molecule has 8 nitrogen and oxygen atoms in total. The van der Waals surface area contributed by atoms with Gasteiger partial charge in [0.2, 0.25) is 4.74 Å². The number of hydrogen-bond acceptors (Lipinski definition) is 7. The molecule has 0 fully saturated rings. The zero-order valence-corrected chi connectivity index (χ0v) is 13.4. The average Bonchev–Trinajstić information content (AvgIpc) is 2.60. The molecule has 0 bridgehead atoms. The molecule has 3 N–H and O–H groups in total. The van der Waals surface area contributed by atoms with E-state index in [1.807, 2.05) is 0 Å². The zero-order valence-electron chi connectivity index (χ0n) is 12.6. The summed E-state index contributed by atoms with van der Waals surface area (Å²) < 4.78 is -0.173. The van der Waals surface area contributed by atoms with E-state index in [0.717, 1.165) is 22.5 Å². The molecule has 3 aromatic rings. The van der Waals surface area contributed by atoms with Crippen molar-refractivity contribution in [2.75, 3.05) is 6.54 Å². The Bertz CT molecular complexity index is 1030. The number of hydrogen-bond donors (Lipinski definition) is 3. The summed E-state index contributed by atoms with van der Waals surface area (Å²) in [5.41, 5.74) is 1.03. The number of carboxylic acid groups (broad SMARTS) is 1. The number of fused-ring (bicyclic) bond motifs is 1. The van der Waals surface area contributed by atoms with Gasteiger partial charge in [0.1, 0.15) is 24.2 Å². The second-order valence-corrected chi connectivity index (χ2v) is 6.04. The van der Waals surface area contributed by atoms with Crippen LogP contribution in [0.15, 0.2) is 41.7 Å². The summed E-state index contributed by atoms with van der Waals surface area (Å²) in [6.07, 6.45) is 4.63. The number of aromatic hydroxyl groups is 1. The summed E-state index contributed by atoms with van der Waals surface area (Å²) in [5.74, 6) is -2.65. The molecular formula is C16H11N3O5S. The van der Waals surface area contributed by atoms with Crippen LogP contribution in [0, 0.1) is 0 Å². The maximum absolute atomic E-state index is 12.2. The molecule has 126 valence electrons. The van der Waals surface area contributed by atoms with E-state index < -0.39 is 34.5 Å². The first-order valence-corrected chi connectivity index (χ1v) is 7.84. The zero-order chi connectivity index (χ0) is 18.0. The highest BCUT2D eigenvalue weighted by molar-refractivity contribution is 7.16. The molecule has 0 unspecified atom stereocenters. The Morgan fingerprint density at radius 3 is 2.56 bits per heavy atom. The summed E-state index contributed by atoms with van der Waals surface area (Å²) in [5, 5.41) is 21.3. The van der Waals surface area contributed by atoms with Crippen LogP contribution in [0.4, 0.5) is 0 Å². The van der Waals surface area contributed by atoms with Crippen LogP contribution < -0.4 is 10.1 Å². The predicted octanol–water partition coefficient (Wildman–Crippen LogP) is 1.24. The molecule has 2 aromatic heterocycles. The minimum Gasteiger partial charge on any atom is -0.506 e. The SMILES string of the molecule is O=C(O)CNC(=O)c1c(O)c2ccc(-c3cncnc3)cc2sc1=O. The highest BCUT2D eigenvalue weighted by Crippen LogP contribution is 2.32. The van der Waals surface area contributed by atoms with Crippen molar-refractivity contribution in [3.05, 3.63) is 52.0 Å². The van der Waals surface area contributed by atoms with Gasteiger partial charge in [0.25, 0.3) is 5.91 Å². The molecule has 0 saturated carbocycles. The van der Waals surface area contributed by atoms with Crippen LogP contribution in [0.1, 0.15) is 10.4 Å². The van der Waals surface area contributed by atoms with E-state index in [-0.39, 0.29) is 0 Å². The summed E-state index contributed by atoms with van der Waals surface area (Å²) in [6.45, 7) is -0.645. The van der Waals surface area contributed by atoms with Crippen LogP contribution in [0.5, 0.6) is 5.75 Å². The molecule has 0 radical (unpaired) electrons. The maximum atomic E-state index is 12.2. The molecule has 0 atom stereocenters. The molecule has 9 heteroatoms. The van der Waals surface area contributed by atoms with E-state index in [2.05, 4.69) is 15.3 Å². The van der Waals surface area contributed by atoms with Crippen molar-refractivity contribution >= 4 is 33.3 Å². The summed E-state index contributed by atoms with van der Waals surface area (Å²) in [6, 6.07) is 4.98. The van der Waals surface area contributed by atoms with E-state index in [9.17, 15) is 19.5 Å². The molecule has 3 rings (SSSR count). The Hall–Kier alpha value is -3.33. The van der Waals surface area contributed by atoms with Crippen molar-refractivity contribution < 1.29 is 19.8 Å². The van der Waals surface area contributed by atoms with Crippen LogP contribution in [0.2, 0.25) is 0 Å². The van der Waals surface area contributed by atoms with E-state index in [0.29, 0.717) is 10.1 Å². The smallest absolute Gasteiger partial charge is 0.322 e. The number of carbonyl (C=O) groups is 2. The molecule has 25 heavy (non-hydrogen) atoms. The van der Waals surface area contributed by atoms with Gasteiger partial charge < -0.3 is 15.5 Å². The highest BCUT2D eigenvalue weighted by atomic mass is 32.1. The van der Waals surface area contributed by atoms with Crippen LogP contribution in [-0.4, -0.2) is 38.6 Å². The van der Waals surface area contributed by atoms with E-state index in [1.54, 1.807) is 30.6 Å². The quantitative estimate of drug-likeness (QED) is 0.640. The van der Waals surface area contributed by atoms with Crippen molar-refractivity contribution in [3.63, 3.8) is 0 Å². The number of nitrogens with one attached hydrogen (secondary N) is 1. The van der Waals surface area contributed by atoms with Gasteiger partial charge in [0.15, 0.2) is 0 Å². The van der Waals surface area contributed by atoms with E-state index >= 15 is 0 Å². The minimum absolute atomic E-state index is 0.325. The molecule has 0 saturated heterocycles. The van der Waals surface area contributed by atoms with Gasteiger partial charge in [-0.3, -0.25) is 14.4 Å². The minimum atomic E-state index is -1.25. The summed E-state index contributed by atoms with van der Waals surface area (Å²) >= 11 is 0.789. The largest absolute Gasteiger partial charge is 0.506 e. The number of carbonyl (C=O) groups excluding carboxylic acids is 1. The monoisotopic (exact) mass is 357 g/mol. The molecule has 1 amide bonds. The average molecular weight is 357 g/mol. The van der Waals surface area contributed by atoms with Crippen LogP contribution in [-0.2, 0) is 4.79 Å². The van der Waals surface area contributed by atoms with Crippen molar-refractivity contribution in [3.8, 4) is 16.9 Å². The van der Waals surface area contributed by atoms with Gasteiger partial charge in [-0.2, -0.15) is 0 Å². The van der Waals surface area contributed by atoms with Crippen molar-refractivity contribution in [2.24, 2.45) is 0 Å². The topological polar surface area (TPSA) is 129 Å². The lowest BCUT2D eigenvalue weighted by Gasteiger charge is -2.08. The van der Waals surface area contributed by atoms with Gasteiger partial charge in [-0.15, -0.1) is 0 Å². The number of aliphatic carboxylic acids is 1.